The molecule has 1 atom stereocenters. The van der Waals surface area contributed by atoms with E-state index in [1.165, 1.54) is 43.3 Å². The van der Waals surface area contributed by atoms with Crippen molar-refractivity contribution >= 4 is 39.1 Å². The lowest BCUT2D eigenvalue weighted by Crippen LogP contribution is -2.50. The number of sulfonamides is 1. The molecule has 0 saturated carbocycles. The van der Waals surface area contributed by atoms with Gasteiger partial charge in [-0.1, -0.05) is 48.0 Å². The van der Waals surface area contributed by atoms with Gasteiger partial charge in [-0.15, -0.1) is 0 Å². The highest BCUT2D eigenvalue weighted by Crippen LogP contribution is 2.26. The molecule has 8 nitrogen and oxygen atoms in total. The molecule has 0 saturated heterocycles. The fourth-order valence-electron chi connectivity index (χ4n) is 3.60. The first-order valence-electron chi connectivity index (χ1n) is 11.2. The van der Waals surface area contributed by atoms with E-state index in [4.69, 9.17) is 16.3 Å². The number of halogens is 1. The molecule has 0 aliphatic carbocycles. The Morgan fingerprint density at radius 1 is 0.972 bits per heavy atom. The monoisotopic (exact) mass is 529 g/mol. The SMILES string of the molecule is CNC(=O)C(C)N(Cc1ccccc1Cl)C(=O)CN(c1ccccc1)S(=O)(=O)c1ccc(OC)cc1. The molecule has 0 aromatic heterocycles. The van der Waals surface area contributed by atoms with Crippen LogP contribution in [-0.4, -0.2) is 51.9 Å². The number of hydrogen-bond acceptors (Lipinski definition) is 5. The number of anilines is 1. The number of carbonyl (C=O) groups is 2. The largest absolute Gasteiger partial charge is 0.497 e. The first-order valence-corrected chi connectivity index (χ1v) is 13.0. The molecule has 1 unspecified atom stereocenters. The Morgan fingerprint density at radius 2 is 1.58 bits per heavy atom. The zero-order valence-corrected chi connectivity index (χ0v) is 21.8. The Balaban J connectivity index is 2.01. The molecule has 10 heteroatoms. The second-order valence-electron chi connectivity index (χ2n) is 7.93. The molecule has 0 bridgehead atoms. The van der Waals surface area contributed by atoms with Crippen LogP contribution >= 0.6 is 11.6 Å². The molecule has 190 valence electrons. The van der Waals surface area contributed by atoms with Gasteiger partial charge in [0.2, 0.25) is 11.8 Å². The van der Waals surface area contributed by atoms with Gasteiger partial charge in [0.1, 0.15) is 18.3 Å². The predicted octanol–water partition coefficient (Wildman–Crippen LogP) is 3.71. The first kappa shape index (κ1) is 27.0. The maximum absolute atomic E-state index is 13.7. The maximum Gasteiger partial charge on any atom is 0.264 e. The van der Waals surface area contributed by atoms with Gasteiger partial charge in [0.15, 0.2) is 0 Å². The Morgan fingerprint density at radius 3 is 2.17 bits per heavy atom. The van der Waals surface area contributed by atoms with E-state index in [2.05, 4.69) is 5.32 Å². The zero-order chi connectivity index (χ0) is 26.3. The van der Waals surface area contributed by atoms with E-state index < -0.39 is 28.5 Å². The summed E-state index contributed by atoms with van der Waals surface area (Å²) in [6.45, 7) is 1.08. The summed E-state index contributed by atoms with van der Waals surface area (Å²) in [7, 11) is -1.18. The van der Waals surface area contributed by atoms with Crippen molar-refractivity contribution in [2.75, 3.05) is 25.0 Å². The molecule has 3 aromatic carbocycles. The van der Waals surface area contributed by atoms with Crippen LogP contribution < -0.4 is 14.4 Å². The summed E-state index contributed by atoms with van der Waals surface area (Å²) in [5.74, 6) is -0.451. The van der Waals surface area contributed by atoms with Gasteiger partial charge in [-0.3, -0.25) is 13.9 Å². The number of carbonyl (C=O) groups excluding carboxylic acids is 2. The quantitative estimate of drug-likeness (QED) is 0.432. The number of para-hydroxylation sites is 1. The summed E-state index contributed by atoms with van der Waals surface area (Å²) in [4.78, 5) is 27.5. The number of benzene rings is 3. The fourth-order valence-corrected chi connectivity index (χ4v) is 5.21. The Kier molecular flexibility index (Phi) is 8.95. The Bertz CT molecular complexity index is 1300. The number of hydrogen-bond donors (Lipinski definition) is 1. The lowest BCUT2D eigenvalue weighted by Gasteiger charge is -2.32. The normalized spacial score (nSPS) is 11.9. The van der Waals surface area contributed by atoms with Gasteiger partial charge in [-0.25, -0.2) is 8.42 Å². The lowest BCUT2D eigenvalue weighted by atomic mass is 10.1. The van der Waals surface area contributed by atoms with Crippen molar-refractivity contribution < 1.29 is 22.7 Å². The van der Waals surface area contributed by atoms with Crippen LogP contribution in [0.15, 0.2) is 83.8 Å². The van der Waals surface area contributed by atoms with Gasteiger partial charge in [0.05, 0.1) is 17.7 Å². The van der Waals surface area contributed by atoms with E-state index in [0.717, 1.165) is 4.31 Å². The molecule has 2 amide bonds. The average Bonchev–Trinajstić information content (AvgIpc) is 2.90. The maximum atomic E-state index is 13.7. The van der Waals surface area contributed by atoms with Crippen LogP contribution in [0.4, 0.5) is 5.69 Å². The molecule has 0 spiro atoms. The van der Waals surface area contributed by atoms with E-state index >= 15 is 0 Å². The minimum atomic E-state index is -4.14. The van der Waals surface area contributed by atoms with Crippen LogP contribution in [0.1, 0.15) is 12.5 Å². The molecule has 36 heavy (non-hydrogen) atoms. The predicted molar refractivity (Wildman–Crippen MR) is 139 cm³/mol. The van der Waals surface area contributed by atoms with E-state index in [1.54, 1.807) is 61.5 Å². The van der Waals surface area contributed by atoms with E-state index in [-0.39, 0.29) is 17.3 Å². The second kappa shape index (κ2) is 11.9. The lowest BCUT2D eigenvalue weighted by molar-refractivity contribution is -0.139. The van der Waals surface area contributed by atoms with Crippen molar-refractivity contribution in [3.8, 4) is 5.75 Å². The van der Waals surface area contributed by atoms with E-state index in [1.807, 2.05) is 0 Å². The van der Waals surface area contributed by atoms with Crippen LogP contribution in [0, 0.1) is 0 Å². The summed E-state index contributed by atoms with van der Waals surface area (Å²) < 4.78 is 33.5. The third-order valence-corrected chi connectivity index (χ3v) is 7.84. The van der Waals surface area contributed by atoms with Crippen LogP contribution in [0.5, 0.6) is 5.75 Å². The standard InChI is InChI=1S/C26H28ClN3O5S/c1-19(26(32)28-2)29(17-20-9-7-8-12-24(20)27)25(31)18-30(21-10-5-4-6-11-21)36(33,34)23-15-13-22(35-3)14-16-23/h4-16,19H,17-18H2,1-3H3,(H,28,32). The van der Waals surface area contributed by atoms with Gasteiger partial charge >= 0.3 is 0 Å². The third-order valence-electron chi connectivity index (χ3n) is 5.68. The number of likely N-dealkylation sites (N-methyl/N-ethyl adjacent to an activating group) is 1. The van der Waals surface area contributed by atoms with Crippen molar-refractivity contribution in [1.29, 1.82) is 0 Å². The average molecular weight is 530 g/mol. The number of amides is 2. The smallest absolute Gasteiger partial charge is 0.264 e. The topological polar surface area (TPSA) is 96.0 Å². The molecule has 0 aliphatic rings. The summed E-state index contributed by atoms with van der Waals surface area (Å²) in [6.07, 6.45) is 0. The van der Waals surface area contributed by atoms with Crippen LogP contribution in [0.25, 0.3) is 0 Å². The van der Waals surface area contributed by atoms with Crippen LogP contribution in [-0.2, 0) is 26.2 Å². The summed E-state index contributed by atoms with van der Waals surface area (Å²) in [6, 6.07) is 20.4. The minimum absolute atomic E-state index is 0.00282. The molecule has 0 aliphatic heterocycles. The Hall–Kier alpha value is -3.56. The highest BCUT2D eigenvalue weighted by atomic mass is 35.5. The van der Waals surface area contributed by atoms with Crippen molar-refractivity contribution in [2.24, 2.45) is 0 Å². The first-order chi connectivity index (χ1) is 17.2. The number of ether oxygens (including phenoxy) is 1. The second-order valence-corrected chi connectivity index (χ2v) is 10.2. The minimum Gasteiger partial charge on any atom is -0.497 e. The van der Waals surface area contributed by atoms with Crippen LogP contribution in [0.2, 0.25) is 5.02 Å². The number of rotatable bonds is 10. The summed E-state index contributed by atoms with van der Waals surface area (Å²) >= 11 is 6.32. The van der Waals surface area contributed by atoms with Crippen molar-refractivity contribution in [2.45, 2.75) is 24.4 Å². The molecule has 1 N–H and O–H groups in total. The third kappa shape index (κ3) is 6.16. The molecule has 3 aromatic rings. The highest BCUT2D eigenvalue weighted by molar-refractivity contribution is 7.92. The van der Waals surface area contributed by atoms with Gasteiger partial charge < -0.3 is 15.0 Å². The summed E-state index contributed by atoms with van der Waals surface area (Å²) in [5, 5.41) is 2.98. The zero-order valence-electron chi connectivity index (χ0n) is 20.2. The van der Waals surface area contributed by atoms with Crippen molar-refractivity contribution in [1.82, 2.24) is 10.2 Å². The Labute approximate surface area is 216 Å². The van der Waals surface area contributed by atoms with E-state index in [9.17, 15) is 18.0 Å². The number of nitrogens with one attached hydrogen (secondary N) is 1. The molecule has 0 heterocycles. The van der Waals surface area contributed by atoms with Gasteiger partial charge in [0.25, 0.3) is 10.0 Å². The molecule has 0 fully saturated rings. The molecule has 3 rings (SSSR count). The molecular weight excluding hydrogens is 502 g/mol. The van der Waals surface area contributed by atoms with Crippen molar-refractivity contribution in [3.63, 3.8) is 0 Å². The van der Waals surface area contributed by atoms with Gasteiger partial charge in [-0.05, 0) is 55.0 Å². The van der Waals surface area contributed by atoms with Gasteiger partial charge in [0, 0.05) is 18.6 Å². The van der Waals surface area contributed by atoms with Crippen LogP contribution in [0.3, 0.4) is 0 Å². The fraction of sp³-hybridized carbons (Fsp3) is 0.231. The highest BCUT2D eigenvalue weighted by Gasteiger charge is 2.32. The molecular formula is C26H28ClN3O5S. The van der Waals surface area contributed by atoms with Gasteiger partial charge in [-0.2, -0.15) is 0 Å². The number of nitrogens with zero attached hydrogens (tertiary/aromatic N) is 2. The van der Waals surface area contributed by atoms with Crippen molar-refractivity contribution in [3.05, 3.63) is 89.4 Å². The molecule has 0 radical (unpaired) electrons. The summed E-state index contributed by atoms with van der Waals surface area (Å²) in [5.41, 5.74) is 0.944. The van der Waals surface area contributed by atoms with E-state index in [0.29, 0.717) is 22.0 Å². The number of methoxy groups -OCH3 is 1.